The van der Waals surface area contributed by atoms with Crippen LogP contribution < -0.4 is 20.7 Å². The Labute approximate surface area is 204 Å². The number of carbonyl (C=O) groups is 1. The van der Waals surface area contributed by atoms with E-state index in [2.05, 4.69) is 25.7 Å². The van der Waals surface area contributed by atoms with Crippen LogP contribution in [0.1, 0.15) is 27.7 Å². The van der Waals surface area contributed by atoms with Crippen LogP contribution in [0.5, 0.6) is 0 Å². The zero-order valence-corrected chi connectivity index (χ0v) is 21.7. The van der Waals surface area contributed by atoms with E-state index in [0.717, 1.165) is 21.0 Å². The van der Waals surface area contributed by atoms with Gasteiger partial charge >= 0.3 is 0 Å². The molecule has 3 rings (SSSR count). The van der Waals surface area contributed by atoms with E-state index in [1.165, 1.54) is 11.3 Å². The van der Waals surface area contributed by atoms with Crippen LogP contribution in [0.2, 0.25) is 0 Å². The summed E-state index contributed by atoms with van der Waals surface area (Å²) < 4.78 is 27.5. The van der Waals surface area contributed by atoms with Gasteiger partial charge < -0.3 is 16.0 Å². The van der Waals surface area contributed by atoms with Crippen LogP contribution in [0.3, 0.4) is 0 Å². The van der Waals surface area contributed by atoms with Gasteiger partial charge in [0.05, 0.1) is 4.90 Å². The number of guanidine groups is 1. The molecule has 1 aromatic heterocycles. The van der Waals surface area contributed by atoms with Gasteiger partial charge in [-0.3, -0.25) is 9.79 Å². The van der Waals surface area contributed by atoms with Crippen molar-refractivity contribution in [2.75, 3.05) is 32.0 Å². The van der Waals surface area contributed by atoms with E-state index in [-0.39, 0.29) is 42.3 Å². The average Bonchev–Trinajstić information content (AvgIpc) is 3.06. The van der Waals surface area contributed by atoms with Crippen molar-refractivity contribution in [2.24, 2.45) is 4.99 Å². The second kappa shape index (κ2) is 11.2. The fourth-order valence-electron chi connectivity index (χ4n) is 3.44. The third kappa shape index (κ3) is 6.64. The van der Waals surface area contributed by atoms with Crippen LogP contribution in [0, 0.1) is 13.8 Å². The number of hydrogen-bond acceptors (Lipinski definition) is 5. The number of amides is 1. The van der Waals surface area contributed by atoms with Crippen LogP contribution in [0.25, 0.3) is 0 Å². The highest BCUT2D eigenvalue weighted by molar-refractivity contribution is 14.0. The Bertz CT molecular complexity index is 1050. The van der Waals surface area contributed by atoms with Crippen LogP contribution >= 0.6 is 35.3 Å². The Morgan fingerprint density at radius 3 is 2.65 bits per heavy atom. The molecule has 1 atom stereocenters. The van der Waals surface area contributed by atoms with Crippen molar-refractivity contribution in [3.8, 4) is 0 Å². The lowest BCUT2D eigenvalue weighted by atomic mass is 9.90. The smallest absolute Gasteiger partial charge is 0.241 e. The van der Waals surface area contributed by atoms with Crippen LogP contribution in [0.15, 0.2) is 40.2 Å². The standard InChI is InChI=1S/C20H27N5O3S2.HI/c1-13-10-18(14(2)29-13)30(27,28)24-9-8-22-20(21-3)23-12-15-11-19(26)25-17-7-5-4-6-16(15)17;/h4-7,10,15,24H,8-9,11-12H2,1-3H3,(H,25,26)(H2,21,22,23);1H. The number of nitrogens with one attached hydrogen (secondary N) is 4. The van der Waals surface area contributed by atoms with Gasteiger partial charge in [-0.2, -0.15) is 0 Å². The Morgan fingerprint density at radius 2 is 1.97 bits per heavy atom. The molecule has 31 heavy (non-hydrogen) atoms. The third-order valence-corrected chi connectivity index (χ3v) is 7.52. The minimum absolute atomic E-state index is 0. The van der Waals surface area contributed by atoms with Crippen molar-refractivity contribution in [3.05, 3.63) is 45.6 Å². The average molecular weight is 578 g/mol. The van der Waals surface area contributed by atoms with E-state index in [9.17, 15) is 13.2 Å². The first-order chi connectivity index (χ1) is 14.3. The number of halogens is 1. The molecule has 1 aromatic carbocycles. The predicted octanol–water partition coefficient (Wildman–Crippen LogP) is 2.55. The molecule has 1 aliphatic heterocycles. The molecule has 0 aliphatic carbocycles. The summed E-state index contributed by atoms with van der Waals surface area (Å²) in [4.78, 5) is 18.2. The first-order valence-corrected chi connectivity index (χ1v) is 12.0. The largest absolute Gasteiger partial charge is 0.356 e. The summed E-state index contributed by atoms with van der Waals surface area (Å²) in [6, 6.07) is 9.46. The van der Waals surface area contributed by atoms with E-state index in [4.69, 9.17) is 0 Å². The fourth-order valence-corrected chi connectivity index (χ4v) is 6.03. The SMILES string of the molecule is CN=C(NCCNS(=O)(=O)c1cc(C)sc1C)NCC1CC(=O)Nc2ccccc21.I. The van der Waals surface area contributed by atoms with E-state index in [0.29, 0.717) is 30.4 Å². The quantitative estimate of drug-likeness (QED) is 0.175. The zero-order chi connectivity index (χ0) is 21.7. The maximum absolute atomic E-state index is 12.4. The first kappa shape index (κ1) is 25.6. The summed E-state index contributed by atoms with van der Waals surface area (Å²) >= 11 is 1.47. The lowest BCUT2D eigenvalue weighted by molar-refractivity contribution is -0.116. The number of sulfonamides is 1. The molecule has 0 spiro atoms. The second-order valence-corrected chi connectivity index (χ2v) is 10.3. The number of nitrogens with zero attached hydrogens (tertiary/aromatic N) is 1. The number of aliphatic imine (C=N–C) groups is 1. The lowest BCUT2D eigenvalue weighted by Gasteiger charge is -2.26. The molecular formula is C20H28IN5O3S2. The zero-order valence-electron chi connectivity index (χ0n) is 17.7. The molecule has 8 nitrogen and oxygen atoms in total. The molecule has 2 aromatic rings. The number of benzene rings is 1. The van der Waals surface area contributed by atoms with Gasteiger partial charge in [-0.15, -0.1) is 35.3 Å². The van der Waals surface area contributed by atoms with Crippen molar-refractivity contribution in [1.82, 2.24) is 15.4 Å². The van der Waals surface area contributed by atoms with Crippen molar-refractivity contribution in [2.45, 2.75) is 31.1 Å². The van der Waals surface area contributed by atoms with Crippen LogP contribution in [0.4, 0.5) is 5.69 Å². The number of para-hydroxylation sites is 1. The topological polar surface area (TPSA) is 112 Å². The van der Waals surface area contributed by atoms with Crippen LogP contribution in [-0.4, -0.2) is 47.0 Å². The molecule has 0 fully saturated rings. The molecular weight excluding hydrogens is 549 g/mol. The number of fused-ring (bicyclic) bond motifs is 1. The molecule has 0 radical (unpaired) electrons. The maximum atomic E-state index is 12.4. The summed E-state index contributed by atoms with van der Waals surface area (Å²) in [6.45, 7) is 4.85. The normalized spacial score (nSPS) is 16.2. The Kier molecular flexibility index (Phi) is 9.28. The van der Waals surface area contributed by atoms with E-state index in [1.54, 1.807) is 20.0 Å². The second-order valence-electron chi connectivity index (χ2n) is 7.09. The molecule has 0 saturated heterocycles. The molecule has 0 bridgehead atoms. The van der Waals surface area contributed by atoms with Crippen molar-refractivity contribution < 1.29 is 13.2 Å². The molecule has 4 N–H and O–H groups in total. The Morgan fingerprint density at radius 1 is 1.23 bits per heavy atom. The first-order valence-electron chi connectivity index (χ1n) is 9.70. The number of rotatable bonds is 7. The van der Waals surface area contributed by atoms with Gasteiger partial charge in [-0.05, 0) is 31.5 Å². The highest BCUT2D eigenvalue weighted by Crippen LogP contribution is 2.31. The number of hydrogen-bond donors (Lipinski definition) is 4. The van der Waals surface area contributed by atoms with Crippen LogP contribution in [-0.2, 0) is 14.8 Å². The summed E-state index contributed by atoms with van der Waals surface area (Å²) in [6.07, 6.45) is 0.403. The molecule has 0 saturated carbocycles. The van der Waals surface area contributed by atoms with Gasteiger partial charge in [0.2, 0.25) is 15.9 Å². The number of carbonyl (C=O) groups excluding carboxylic acids is 1. The monoisotopic (exact) mass is 577 g/mol. The van der Waals surface area contributed by atoms with Gasteiger partial charge in [-0.1, -0.05) is 18.2 Å². The van der Waals surface area contributed by atoms with E-state index in [1.807, 2.05) is 31.2 Å². The van der Waals surface area contributed by atoms with E-state index >= 15 is 0 Å². The number of anilines is 1. The minimum Gasteiger partial charge on any atom is -0.356 e. The maximum Gasteiger partial charge on any atom is 0.241 e. The summed E-state index contributed by atoms with van der Waals surface area (Å²) in [7, 11) is -1.88. The van der Waals surface area contributed by atoms with Gasteiger partial charge in [0.15, 0.2) is 5.96 Å². The fraction of sp³-hybridized carbons (Fsp3) is 0.400. The molecule has 1 aliphatic rings. The Balaban J connectivity index is 0.00000341. The summed E-state index contributed by atoms with van der Waals surface area (Å²) in [5.41, 5.74) is 1.94. The van der Waals surface area contributed by atoms with Crippen molar-refractivity contribution in [3.63, 3.8) is 0 Å². The molecule has 1 amide bonds. The molecule has 11 heteroatoms. The third-order valence-electron chi connectivity index (χ3n) is 4.84. The number of aryl methyl sites for hydroxylation is 2. The van der Waals surface area contributed by atoms with Gasteiger partial charge in [0.1, 0.15) is 0 Å². The minimum atomic E-state index is -3.53. The number of thiophene rings is 1. The van der Waals surface area contributed by atoms with Gasteiger partial charge in [0.25, 0.3) is 0 Å². The summed E-state index contributed by atoms with van der Waals surface area (Å²) in [5.74, 6) is 0.592. The van der Waals surface area contributed by atoms with Gasteiger partial charge in [-0.25, -0.2) is 13.1 Å². The predicted molar refractivity (Wildman–Crippen MR) is 136 cm³/mol. The molecule has 1 unspecified atom stereocenters. The summed E-state index contributed by atoms with van der Waals surface area (Å²) in [5, 5.41) is 9.22. The Hall–Kier alpha value is -1.70. The van der Waals surface area contributed by atoms with Crippen molar-refractivity contribution >= 4 is 62.9 Å². The molecule has 170 valence electrons. The van der Waals surface area contributed by atoms with Crippen molar-refractivity contribution in [1.29, 1.82) is 0 Å². The van der Waals surface area contributed by atoms with Gasteiger partial charge in [0, 0.05) is 54.5 Å². The molecule has 2 heterocycles. The highest BCUT2D eigenvalue weighted by Gasteiger charge is 2.24. The lowest BCUT2D eigenvalue weighted by Crippen LogP contribution is -2.43. The van der Waals surface area contributed by atoms with E-state index < -0.39 is 10.0 Å². The highest BCUT2D eigenvalue weighted by atomic mass is 127.